The highest BCUT2D eigenvalue weighted by molar-refractivity contribution is 5.07. The molecule has 2 rings (SSSR count). The van der Waals surface area contributed by atoms with E-state index in [0.29, 0.717) is 5.92 Å². The Balaban J connectivity index is 2.25. The minimum absolute atomic E-state index is 0.0214. The maximum atomic E-state index is 12.0. The van der Waals surface area contributed by atoms with Gasteiger partial charge in [-0.2, -0.15) is 0 Å². The number of piperazine rings is 1. The van der Waals surface area contributed by atoms with Crippen LogP contribution in [0.4, 0.5) is 0 Å². The first-order chi connectivity index (χ1) is 10.1. The molecule has 1 aromatic rings. The molecule has 5 heteroatoms. The SMILES string of the molecule is CCCC(c1nc(CC(C)C)cc(=O)[nH]1)N1CCNCC1. The highest BCUT2D eigenvalue weighted by Crippen LogP contribution is 2.23. The third kappa shape index (κ3) is 4.64. The van der Waals surface area contributed by atoms with Gasteiger partial charge in [0.2, 0.25) is 0 Å². The molecule has 21 heavy (non-hydrogen) atoms. The molecule has 1 fully saturated rings. The van der Waals surface area contributed by atoms with Crippen LogP contribution in [0.15, 0.2) is 10.9 Å². The maximum Gasteiger partial charge on any atom is 0.251 e. The van der Waals surface area contributed by atoms with Crippen molar-refractivity contribution in [2.75, 3.05) is 26.2 Å². The Morgan fingerprint density at radius 3 is 2.67 bits per heavy atom. The van der Waals surface area contributed by atoms with Crippen LogP contribution in [0.5, 0.6) is 0 Å². The molecule has 0 amide bonds. The summed E-state index contributed by atoms with van der Waals surface area (Å²) in [6, 6.07) is 1.88. The summed E-state index contributed by atoms with van der Waals surface area (Å²) in [6.07, 6.45) is 2.98. The third-order valence-electron chi connectivity index (χ3n) is 3.90. The smallest absolute Gasteiger partial charge is 0.251 e. The molecule has 5 nitrogen and oxygen atoms in total. The lowest BCUT2D eigenvalue weighted by Crippen LogP contribution is -2.45. The van der Waals surface area contributed by atoms with Crippen molar-refractivity contribution in [2.24, 2.45) is 5.92 Å². The molecule has 0 aliphatic carbocycles. The first-order valence-electron chi connectivity index (χ1n) is 8.15. The molecule has 1 atom stereocenters. The quantitative estimate of drug-likeness (QED) is 0.838. The van der Waals surface area contributed by atoms with E-state index in [0.717, 1.165) is 57.0 Å². The first kappa shape index (κ1) is 16.2. The predicted molar refractivity (Wildman–Crippen MR) is 85.5 cm³/mol. The molecule has 0 saturated carbocycles. The molecular weight excluding hydrogens is 264 g/mol. The standard InChI is InChI=1S/C16H28N4O/c1-4-5-14(20-8-6-17-7-9-20)16-18-13(10-12(2)3)11-15(21)19-16/h11-12,14,17H,4-10H2,1-3H3,(H,18,19,21). The zero-order valence-electron chi connectivity index (χ0n) is 13.5. The average Bonchev–Trinajstić information content (AvgIpc) is 2.44. The average molecular weight is 292 g/mol. The van der Waals surface area contributed by atoms with Crippen molar-refractivity contribution in [1.82, 2.24) is 20.2 Å². The number of rotatable bonds is 6. The molecule has 0 radical (unpaired) electrons. The van der Waals surface area contributed by atoms with Crippen LogP contribution in [0, 0.1) is 5.92 Å². The molecule has 0 aromatic carbocycles. The van der Waals surface area contributed by atoms with Gasteiger partial charge in [0.15, 0.2) is 0 Å². The molecule has 1 aliphatic rings. The fourth-order valence-electron chi connectivity index (χ4n) is 2.97. The Kier molecular flexibility index (Phi) is 5.94. The van der Waals surface area contributed by atoms with Gasteiger partial charge in [0.25, 0.3) is 5.56 Å². The topological polar surface area (TPSA) is 61.0 Å². The van der Waals surface area contributed by atoms with E-state index in [1.54, 1.807) is 6.07 Å². The van der Waals surface area contributed by atoms with Crippen molar-refractivity contribution in [3.63, 3.8) is 0 Å². The van der Waals surface area contributed by atoms with E-state index in [4.69, 9.17) is 4.98 Å². The summed E-state index contributed by atoms with van der Waals surface area (Å²) in [5, 5.41) is 3.38. The molecule has 1 unspecified atom stereocenters. The lowest BCUT2D eigenvalue weighted by atomic mass is 10.1. The van der Waals surface area contributed by atoms with Crippen molar-refractivity contribution in [3.05, 3.63) is 27.9 Å². The lowest BCUT2D eigenvalue weighted by molar-refractivity contribution is 0.157. The number of nitrogens with zero attached hydrogens (tertiary/aromatic N) is 2. The van der Waals surface area contributed by atoms with Gasteiger partial charge in [-0.05, 0) is 18.8 Å². The number of hydrogen-bond donors (Lipinski definition) is 2. The van der Waals surface area contributed by atoms with Gasteiger partial charge in [-0.15, -0.1) is 0 Å². The zero-order chi connectivity index (χ0) is 15.2. The van der Waals surface area contributed by atoms with E-state index in [-0.39, 0.29) is 11.6 Å². The molecule has 1 saturated heterocycles. The molecule has 118 valence electrons. The van der Waals surface area contributed by atoms with Crippen LogP contribution < -0.4 is 10.9 Å². The second-order valence-corrected chi connectivity index (χ2v) is 6.31. The van der Waals surface area contributed by atoms with E-state index < -0.39 is 0 Å². The van der Waals surface area contributed by atoms with E-state index in [1.165, 1.54) is 0 Å². The molecule has 1 aliphatic heterocycles. The van der Waals surface area contributed by atoms with E-state index in [9.17, 15) is 4.79 Å². The minimum atomic E-state index is -0.0214. The second-order valence-electron chi connectivity index (χ2n) is 6.31. The molecule has 1 aromatic heterocycles. The number of nitrogens with one attached hydrogen (secondary N) is 2. The van der Waals surface area contributed by atoms with E-state index >= 15 is 0 Å². The van der Waals surface area contributed by atoms with Crippen LogP contribution in [-0.4, -0.2) is 41.0 Å². The molecule has 0 bridgehead atoms. The minimum Gasteiger partial charge on any atom is -0.314 e. The summed E-state index contributed by atoms with van der Waals surface area (Å²) < 4.78 is 0. The summed E-state index contributed by atoms with van der Waals surface area (Å²) in [6.45, 7) is 10.5. The third-order valence-corrected chi connectivity index (χ3v) is 3.90. The number of aromatic nitrogens is 2. The van der Waals surface area contributed by atoms with E-state index in [2.05, 4.69) is 36.0 Å². The Hall–Kier alpha value is -1.20. The van der Waals surface area contributed by atoms with Crippen molar-refractivity contribution < 1.29 is 0 Å². The van der Waals surface area contributed by atoms with Gasteiger partial charge in [0.1, 0.15) is 5.82 Å². The largest absolute Gasteiger partial charge is 0.314 e. The number of aromatic amines is 1. The van der Waals surface area contributed by atoms with Crippen LogP contribution in [0.25, 0.3) is 0 Å². The van der Waals surface area contributed by atoms with Crippen molar-refractivity contribution >= 4 is 0 Å². The molecular formula is C16H28N4O. The molecule has 0 spiro atoms. The van der Waals surface area contributed by atoms with Crippen LogP contribution in [0.2, 0.25) is 0 Å². The Morgan fingerprint density at radius 1 is 1.33 bits per heavy atom. The first-order valence-corrected chi connectivity index (χ1v) is 8.15. The lowest BCUT2D eigenvalue weighted by Gasteiger charge is -2.34. The second kappa shape index (κ2) is 7.71. The normalized spacial score (nSPS) is 18.1. The summed E-state index contributed by atoms with van der Waals surface area (Å²) in [5.41, 5.74) is 0.895. The van der Waals surface area contributed by atoms with Gasteiger partial charge in [-0.1, -0.05) is 27.2 Å². The summed E-state index contributed by atoms with van der Waals surface area (Å²) in [5.74, 6) is 1.36. The van der Waals surface area contributed by atoms with Crippen molar-refractivity contribution in [2.45, 2.75) is 46.1 Å². The Morgan fingerprint density at radius 2 is 2.05 bits per heavy atom. The van der Waals surface area contributed by atoms with Crippen molar-refractivity contribution in [3.8, 4) is 0 Å². The van der Waals surface area contributed by atoms with Crippen LogP contribution >= 0.6 is 0 Å². The van der Waals surface area contributed by atoms with Crippen LogP contribution in [0.3, 0.4) is 0 Å². The fourth-order valence-corrected chi connectivity index (χ4v) is 2.97. The molecule has 2 N–H and O–H groups in total. The summed E-state index contributed by atoms with van der Waals surface area (Å²) in [7, 11) is 0. The fraction of sp³-hybridized carbons (Fsp3) is 0.750. The highest BCUT2D eigenvalue weighted by atomic mass is 16.1. The zero-order valence-corrected chi connectivity index (χ0v) is 13.5. The summed E-state index contributed by atoms with van der Waals surface area (Å²) >= 11 is 0. The number of H-pyrrole nitrogens is 1. The van der Waals surface area contributed by atoms with Gasteiger partial charge >= 0.3 is 0 Å². The van der Waals surface area contributed by atoms with Gasteiger partial charge < -0.3 is 10.3 Å². The predicted octanol–water partition coefficient (Wildman–Crippen LogP) is 1.71. The van der Waals surface area contributed by atoms with Crippen LogP contribution in [-0.2, 0) is 6.42 Å². The number of hydrogen-bond acceptors (Lipinski definition) is 4. The Bertz CT molecular complexity index is 491. The van der Waals surface area contributed by atoms with Crippen LogP contribution in [0.1, 0.15) is 51.2 Å². The van der Waals surface area contributed by atoms with E-state index in [1.807, 2.05) is 0 Å². The monoisotopic (exact) mass is 292 g/mol. The van der Waals surface area contributed by atoms with Crippen molar-refractivity contribution in [1.29, 1.82) is 0 Å². The Labute approximate surface area is 127 Å². The highest BCUT2D eigenvalue weighted by Gasteiger charge is 2.23. The van der Waals surface area contributed by atoms with Gasteiger partial charge in [0.05, 0.1) is 6.04 Å². The van der Waals surface area contributed by atoms with Gasteiger partial charge in [-0.3, -0.25) is 9.69 Å². The van der Waals surface area contributed by atoms with Gasteiger partial charge in [0, 0.05) is 37.9 Å². The molecule has 2 heterocycles. The summed E-state index contributed by atoms with van der Waals surface area (Å²) in [4.78, 5) is 22.1. The van der Waals surface area contributed by atoms with Gasteiger partial charge in [-0.25, -0.2) is 4.98 Å². The maximum absolute atomic E-state index is 12.0.